The summed E-state index contributed by atoms with van der Waals surface area (Å²) >= 11 is 0. The van der Waals surface area contributed by atoms with E-state index in [0.717, 1.165) is 4.31 Å². The highest BCUT2D eigenvalue weighted by Gasteiger charge is 2.59. The van der Waals surface area contributed by atoms with Gasteiger partial charge < -0.3 is 4.74 Å². The van der Waals surface area contributed by atoms with Gasteiger partial charge in [-0.2, -0.15) is 5.26 Å². The van der Waals surface area contributed by atoms with Crippen LogP contribution in [0.25, 0.3) is 0 Å². The third kappa shape index (κ3) is 1.84. The smallest absolute Gasteiger partial charge is 0.259 e. The Kier molecular flexibility index (Phi) is 3.22. The van der Waals surface area contributed by atoms with Crippen LogP contribution in [-0.4, -0.2) is 30.5 Å². The van der Waals surface area contributed by atoms with Crippen molar-refractivity contribution in [3.63, 3.8) is 0 Å². The fourth-order valence-electron chi connectivity index (χ4n) is 2.02. The lowest BCUT2D eigenvalue weighted by Gasteiger charge is -2.43. The molecule has 1 heterocycles. The second-order valence-electron chi connectivity index (χ2n) is 4.97. The molecule has 106 valence electrons. The standard InChI is InChI=1S/C13H14N2O4S/c1-13(2)12(16)15(20(13,17)18)8-9-4-5-11(19-3)10(6-9)7-14/h4-6H,8H2,1-3H3. The van der Waals surface area contributed by atoms with Gasteiger partial charge in [-0.1, -0.05) is 6.07 Å². The number of hydrogen-bond donors (Lipinski definition) is 0. The Morgan fingerprint density at radius 1 is 1.40 bits per heavy atom. The Hall–Kier alpha value is -2.07. The molecule has 1 fully saturated rings. The second kappa shape index (κ2) is 4.49. The summed E-state index contributed by atoms with van der Waals surface area (Å²) < 4.78 is 28.4. The average Bonchev–Trinajstić information content (AvgIpc) is 2.43. The third-order valence-electron chi connectivity index (χ3n) is 3.39. The van der Waals surface area contributed by atoms with Crippen molar-refractivity contribution >= 4 is 15.9 Å². The molecule has 1 aromatic rings. The van der Waals surface area contributed by atoms with Crippen molar-refractivity contribution < 1.29 is 17.9 Å². The SMILES string of the molecule is COc1ccc(CN2C(=O)C(C)(C)S2(=O)=O)cc1C#N. The van der Waals surface area contributed by atoms with Crippen LogP contribution in [0.2, 0.25) is 0 Å². The van der Waals surface area contributed by atoms with Crippen molar-refractivity contribution in [2.24, 2.45) is 0 Å². The number of carbonyl (C=O) groups is 1. The fraction of sp³-hybridized carbons (Fsp3) is 0.385. The first-order valence-electron chi connectivity index (χ1n) is 5.89. The van der Waals surface area contributed by atoms with Crippen molar-refractivity contribution in [2.75, 3.05) is 7.11 Å². The van der Waals surface area contributed by atoms with Gasteiger partial charge in [0.1, 0.15) is 11.8 Å². The lowest BCUT2D eigenvalue weighted by atomic mass is 10.1. The van der Waals surface area contributed by atoms with Crippen molar-refractivity contribution in [1.29, 1.82) is 5.26 Å². The van der Waals surface area contributed by atoms with E-state index in [9.17, 15) is 13.2 Å². The van der Waals surface area contributed by atoms with Gasteiger partial charge in [-0.25, -0.2) is 12.7 Å². The van der Waals surface area contributed by atoms with Crippen LogP contribution in [0.1, 0.15) is 25.0 Å². The molecule has 6 nitrogen and oxygen atoms in total. The summed E-state index contributed by atoms with van der Waals surface area (Å²) in [5.41, 5.74) is 0.865. The van der Waals surface area contributed by atoms with E-state index in [2.05, 4.69) is 0 Å². The number of benzene rings is 1. The van der Waals surface area contributed by atoms with Gasteiger partial charge in [-0.05, 0) is 31.5 Å². The van der Waals surface area contributed by atoms with E-state index in [-0.39, 0.29) is 6.54 Å². The van der Waals surface area contributed by atoms with Crippen LogP contribution >= 0.6 is 0 Å². The number of nitrogens with zero attached hydrogens (tertiary/aromatic N) is 2. The van der Waals surface area contributed by atoms with E-state index in [1.807, 2.05) is 6.07 Å². The summed E-state index contributed by atoms with van der Waals surface area (Å²) in [6.07, 6.45) is 0. The molecule has 0 N–H and O–H groups in total. The van der Waals surface area contributed by atoms with Crippen LogP contribution in [0, 0.1) is 11.3 Å². The average molecular weight is 294 g/mol. The van der Waals surface area contributed by atoms with Crippen molar-refractivity contribution in [2.45, 2.75) is 25.1 Å². The minimum atomic E-state index is -3.61. The highest BCUT2D eigenvalue weighted by molar-refractivity contribution is 7.94. The molecule has 1 amide bonds. The first-order chi connectivity index (χ1) is 9.25. The molecule has 0 unspecified atom stereocenters. The van der Waals surface area contributed by atoms with E-state index in [1.54, 1.807) is 12.1 Å². The monoisotopic (exact) mass is 294 g/mol. The van der Waals surface area contributed by atoms with Gasteiger partial charge >= 0.3 is 0 Å². The molecular weight excluding hydrogens is 280 g/mol. The molecule has 20 heavy (non-hydrogen) atoms. The molecule has 0 aliphatic carbocycles. The largest absolute Gasteiger partial charge is 0.495 e. The summed E-state index contributed by atoms with van der Waals surface area (Å²) in [5, 5.41) is 8.99. The van der Waals surface area contributed by atoms with E-state index in [0.29, 0.717) is 16.9 Å². The van der Waals surface area contributed by atoms with Crippen LogP contribution in [0.15, 0.2) is 18.2 Å². The van der Waals surface area contributed by atoms with Crippen molar-refractivity contribution in [3.05, 3.63) is 29.3 Å². The second-order valence-corrected chi connectivity index (χ2v) is 7.39. The molecule has 1 saturated heterocycles. The van der Waals surface area contributed by atoms with Crippen LogP contribution in [0.4, 0.5) is 0 Å². The lowest BCUT2D eigenvalue weighted by Crippen LogP contribution is -2.66. The number of hydrogen-bond acceptors (Lipinski definition) is 5. The zero-order chi connectivity index (χ0) is 15.1. The van der Waals surface area contributed by atoms with Crippen LogP contribution < -0.4 is 4.74 Å². The maximum Gasteiger partial charge on any atom is 0.259 e. The van der Waals surface area contributed by atoms with Gasteiger partial charge in [-0.3, -0.25) is 4.79 Å². The first kappa shape index (κ1) is 14.3. The molecule has 0 spiro atoms. The maximum atomic E-state index is 12.0. The van der Waals surface area contributed by atoms with Crippen LogP contribution in [0.5, 0.6) is 5.75 Å². The quantitative estimate of drug-likeness (QED) is 0.830. The van der Waals surface area contributed by atoms with Crippen molar-refractivity contribution in [3.8, 4) is 11.8 Å². The molecule has 1 aliphatic heterocycles. The molecule has 1 aliphatic rings. The van der Waals surface area contributed by atoms with Gasteiger partial charge in [0.15, 0.2) is 4.75 Å². The number of rotatable bonds is 3. The lowest BCUT2D eigenvalue weighted by molar-refractivity contribution is -0.132. The first-order valence-corrected chi connectivity index (χ1v) is 7.33. The van der Waals surface area contributed by atoms with E-state index in [4.69, 9.17) is 10.00 Å². The molecular formula is C13H14N2O4S. The molecule has 0 aromatic heterocycles. The van der Waals surface area contributed by atoms with Gasteiger partial charge in [0.25, 0.3) is 15.9 Å². The normalized spacial score (nSPS) is 19.1. The molecule has 0 radical (unpaired) electrons. The fourth-order valence-corrected chi connectivity index (χ4v) is 3.53. The zero-order valence-electron chi connectivity index (χ0n) is 11.4. The third-order valence-corrected chi connectivity index (χ3v) is 5.73. The summed E-state index contributed by atoms with van der Waals surface area (Å²) in [6.45, 7) is 2.70. The Bertz CT molecular complexity index is 716. The number of sulfonamides is 1. The summed E-state index contributed by atoms with van der Waals surface area (Å²) in [6, 6.07) is 6.70. The number of nitriles is 1. The van der Waals surface area contributed by atoms with Gasteiger partial charge in [0, 0.05) is 0 Å². The minimum absolute atomic E-state index is 0.0662. The Morgan fingerprint density at radius 2 is 2.05 bits per heavy atom. The summed E-state index contributed by atoms with van der Waals surface area (Å²) in [4.78, 5) is 11.8. The van der Waals surface area contributed by atoms with Crippen LogP contribution in [-0.2, 0) is 21.4 Å². The Labute approximate surface area is 117 Å². The van der Waals surface area contributed by atoms with Gasteiger partial charge in [0.2, 0.25) is 0 Å². The topological polar surface area (TPSA) is 87.5 Å². The summed E-state index contributed by atoms with van der Waals surface area (Å²) in [5.74, 6) is -0.0267. The predicted molar refractivity (Wildman–Crippen MR) is 71.3 cm³/mol. The van der Waals surface area contributed by atoms with E-state index in [1.165, 1.54) is 27.0 Å². The molecule has 0 atom stereocenters. The van der Waals surface area contributed by atoms with Crippen molar-refractivity contribution in [1.82, 2.24) is 4.31 Å². The number of carbonyl (C=O) groups excluding carboxylic acids is 1. The minimum Gasteiger partial charge on any atom is -0.495 e. The predicted octanol–water partition coefficient (Wildman–Crippen LogP) is 1.02. The van der Waals surface area contributed by atoms with E-state index >= 15 is 0 Å². The maximum absolute atomic E-state index is 12.0. The Morgan fingerprint density at radius 3 is 2.55 bits per heavy atom. The molecule has 2 rings (SSSR count). The van der Waals surface area contributed by atoms with E-state index < -0.39 is 20.7 Å². The molecule has 0 bridgehead atoms. The zero-order valence-corrected chi connectivity index (χ0v) is 12.2. The van der Waals surface area contributed by atoms with Gasteiger partial charge in [0.05, 0.1) is 19.2 Å². The van der Waals surface area contributed by atoms with Crippen LogP contribution in [0.3, 0.4) is 0 Å². The highest BCUT2D eigenvalue weighted by Crippen LogP contribution is 2.36. The molecule has 7 heteroatoms. The summed E-state index contributed by atoms with van der Waals surface area (Å²) in [7, 11) is -2.17. The molecule has 0 saturated carbocycles. The number of methoxy groups -OCH3 is 1. The highest BCUT2D eigenvalue weighted by atomic mass is 32.2. The molecule has 1 aromatic carbocycles. The van der Waals surface area contributed by atoms with Gasteiger partial charge in [-0.15, -0.1) is 0 Å². The number of amides is 1. The number of ether oxygens (including phenoxy) is 1. The Balaban J connectivity index is 2.30.